The fourth-order valence-corrected chi connectivity index (χ4v) is 2.00. The highest BCUT2D eigenvalue weighted by atomic mass is 16.5. The molecule has 0 radical (unpaired) electrons. The molecular weight excluding hydrogens is 224 g/mol. The van der Waals surface area contributed by atoms with Crippen LogP contribution in [0.25, 0.3) is 11.1 Å². The van der Waals surface area contributed by atoms with Gasteiger partial charge in [-0.15, -0.1) is 0 Å². The fourth-order valence-electron chi connectivity index (χ4n) is 2.00. The molecule has 1 amide bonds. The lowest BCUT2D eigenvalue weighted by Crippen LogP contribution is -2.26. The van der Waals surface area contributed by atoms with Crippen LogP contribution in [0.2, 0.25) is 0 Å². The van der Waals surface area contributed by atoms with Crippen molar-refractivity contribution in [1.29, 1.82) is 0 Å². The Morgan fingerprint density at radius 1 is 1.53 bits per heavy atom. The number of hydrogen-bond donors (Lipinski definition) is 1. The molecule has 0 spiro atoms. The van der Waals surface area contributed by atoms with Crippen LogP contribution in [0, 0.1) is 6.92 Å². The molecule has 3 rings (SSSR count). The summed E-state index contributed by atoms with van der Waals surface area (Å²) >= 11 is 0. The lowest BCUT2D eigenvalue weighted by Gasteiger charge is -2.14. The Labute approximate surface area is 96.1 Å². The van der Waals surface area contributed by atoms with E-state index in [4.69, 9.17) is 4.52 Å². The van der Waals surface area contributed by atoms with Crippen molar-refractivity contribution in [3.63, 3.8) is 0 Å². The average Bonchev–Trinajstić information content (AvgIpc) is 2.83. The zero-order valence-corrected chi connectivity index (χ0v) is 9.12. The van der Waals surface area contributed by atoms with Crippen molar-refractivity contribution in [3.8, 4) is 0 Å². The summed E-state index contributed by atoms with van der Waals surface area (Å²) in [5, 5.41) is 13.9. The molecule has 0 aromatic carbocycles. The van der Waals surface area contributed by atoms with Crippen molar-refractivity contribution in [1.82, 2.24) is 15.1 Å². The molecule has 1 saturated heterocycles. The average molecular weight is 234 g/mol. The molecule has 0 saturated carbocycles. The molecule has 1 aliphatic heterocycles. The van der Waals surface area contributed by atoms with E-state index in [0.29, 0.717) is 22.6 Å². The van der Waals surface area contributed by atoms with Crippen molar-refractivity contribution < 1.29 is 14.4 Å². The van der Waals surface area contributed by atoms with Crippen LogP contribution >= 0.6 is 0 Å². The van der Waals surface area contributed by atoms with E-state index < -0.39 is 6.10 Å². The minimum absolute atomic E-state index is 0.121. The van der Waals surface area contributed by atoms with Gasteiger partial charge in [0.05, 0.1) is 24.8 Å². The summed E-state index contributed by atoms with van der Waals surface area (Å²) in [5.74, 6) is 0.299. The zero-order valence-electron chi connectivity index (χ0n) is 9.12. The highest BCUT2D eigenvalue weighted by Crippen LogP contribution is 2.28. The highest BCUT2D eigenvalue weighted by molar-refractivity contribution is 6.02. The van der Waals surface area contributed by atoms with E-state index in [1.54, 1.807) is 6.92 Å². The van der Waals surface area contributed by atoms with Gasteiger partial charge in [-0.05, 0) is 6.92 Å². The summed E-state index contributed by atoms with van der Waals surface area (Å²) in [6.45, 7) is 2.01. The minimum Gasteiger partial charge on any atom is -0.391 e. The Kier molecular flexibility index (Phi) is 2.08. The maximum atomic E-state index is 11.7. The lowest BCUT2D eigenvalue weighted by atomic mass is 10.3. The Morgan fingerprint density at radius 3 is 3.06 bits per heavy atom. The van der Waals surface area contributed by atoms with Crippen molar-refractivity contribution in [2.75, 3.05) is 11.4 Å². The largest absolute Gasteiger partial charge is 0.391 e. The molecule has 17 heavy (non-hydrogen) atoms. The summed E-state index contributed by atoms with van der Waals surface area (Å²) in [4.78, 5) is 21.2. The maximum Gasteiger partial charge on any atom is 0.263 e. The number of carbonyl (C=O) groups is 1. The van der Waals surface area contributed by atoms with Gasteiger partial charge in [0.2, 0.25) is 5.91 Å². The first kappa shape index (κ1) is 10.2. The van der Waals surface area contributed by atoms with Crippen LogP contribution in [-0.4, -0.2) is 38.8 Å². The predicted molar refractivity (Wildman–Crippen MR) is 57.3 cm³/mol. The first-order valence-corrected chi connectivity index (χ1v) is 5.22. The zero-order chi connectivity index (χ0) is 12.0. The summed E-state index contributed by atoms with van der Waals surface area (Å²) in [6, 6.07) is 0. The molecule has 88 valence electrons. The van der Waals surface area contributed by atoms with Crippen molar-refractivity contribution in [3.05, 3.63) is 12.0 Å². The van der Waals surface area contributed by atoms with E-state index in [1.165, 1.54) is 11.2 Å². The summed E-state index contributed by atoms with van der Waals surface area (Å²) in [7, 11) is 0. The molecule has 1 atom stereocenters. The molecule has 0 aliphatic carbocycles. The first-order chi connectivity index (χ1) is 8.16. The Morgan fingerprint density at radius 2 is 2.35 bits per heavy atom. The molecule has 7 heteroatoms. The standard InChI is InChI=1S/C10H10N4O3/c1-5-8-9(11-4-12-10(8)17-13-5)14-3-6(15)2-7(14)16/h4,6,15H,2-3H2,1H3. The van der Waals surface area contributed by atoms with Gasteiger partial charge in [-0.3, -0.25) is 9.69 Å². The number of aliphatic hydroxyl groups is 1. The number of aryl methyl sites for hydroxylation is 1. The van der Waals surface area contributed by atoms with Gasteiger partial charge >= 0.3 is 0 Å². The molecule has 7 nitrogen and oxygen atoms in total. The summed E-state index contributed by atoms with van der Waals surface area (Å²) in [6.07, 6.45) is 0.795. The fraction of sp³-hybridized carbons (Fsp3) is 0.400. The van der Waals surface area contributed by atoms with E-state index in [1.807, 2.05) is 0 Å². The molecule has 2 aromatic heterocycles. The second-order valence-corrected chi connectivity index (χ2v) is 4.01. The first-order valence-electron chi connectivity index (χ1n) is 5.22. The SMILES string of the molecule is Cc1noc2ncnc(N3CC(O)CC3=O)c12. The van der Waals surface area contributed by atoms with Crippen LogP contribution in [-0.2, 0) is 4.79 Å². The number of carbonyl (C=O) groups excluding carboxylic acids is 1. The van der Waals surface area contributed by atoms with Crippen LogP contribution < -0.4 is 4.90 Å². The molecular formula is C10H10N4O3. The van der Waals surface area contributed by atoms with Gasteiger partial charge < -0.3 is 9.63 Å². The van der Waals surface area contributed by atoms with Crippen LogP contribution in [0.1, 0.15) is 12.1 Å². The number of aliphatic hydroxyl groups excluding tert-OH is 1. The van der Waals surface area contributed by atoms with Crippen molar-refractivity contribution >= 4 is 22.8 Å². The summed E-state index contributed by atoms with van der Waals surface area (Å²) < 4.78 is 5.01. The third-order valence-electron chi connectivity index (χ3n) is 2.78. The minimum atomic E-state index is -0.646. The lowest BCUT2D eigenvalue weighted by molar-refractivity contribution is -0.117. The van der Waals surface area contributed by atoms with Gasteiger partial charge in [-0.2, -0.15) is 4.98 Å². The monoisotopic (exact) mass is 234 g/mol. The number of β-amino-alcohol motifs (C(OH)–C–C–N with tert-alkyl or cyclic N) is 1. The molecule has 2 aromatic rings. The van der Waals surface area contributed by atoms with Gasteiger partial charge in [0, 0.05) is 0 Å². The van der Waals surface area contributed by atoms with Crippen LogP contribution in [0.5, 0.6) is 0 Å². The molecule has 1 aliphatic rings. The second kappa shape index (κ2) is 3.49. The number of aromatic nitrogens is 3. The number of anilines is 1. The molecule has 1 unspecified atom stereocenters. The van der Waals surface area contributed by atoms with Gasteiger partial charge in [0.25, 0.3) is 5.71 Å². The maximum absolute atomic E-state index is 11.7. The molecule has 1 N–H and O–H groups in total. The second-order valence-electron chi connectivity index (χ2n) is 4.01. The van der Waals surface area contributed by atoms with Gasteiger partial charge in [0.1, 0.15) is 11.7 Å². The van der Waals surface area contributed by atoms with Crippen LogP contribution in [0.4, 0.5) is 5.82 Å². The van der Waals surface area contributed by atoms with E-state index in [2.05, 4.69) is 15.1 Å². The topological polar surface area (TPSA) is 92.3 Å². The molecule has 3 heterocycles. The van der Waals surface area contributed by atoms with Crippen molar-refractivity contribution in [2.45, 2.75) is 19.4 Å². The Hall–Kier alpha value is -2.02. The normalized spacial score (nSPS) is 20.5. The molecule has 0 bridgehead atoms. The van der Waals surface area contributed by atoms with E-state index in [0.717, 1.165) is 0 Å². The predicted octanol–water partition coefficient (Wildman–Crippen LogP) is 0.0238. The van der Waals surface area contributed by atoms with Gasteiger partial charge in [-0.25, -0.2) is 4.98 Å². The quantitative estimate of drug-likeness (QED) is 0.748. The van der Waals surface area contributed by atoms with Crippen LogP contribution in [0.15, 0.2) is 10.9 Å². The third-order valence-corrected chi connectivity index (χ3v) is 2.78. The van der Waals surface area contributed by atoms with E-state index in [9.17, 15) is 9.90 Å². The van der Waals surface area contributed by atoms with E-state index >= 15 is 0 Å². The highest BCUT2D eigenvalue weighted by Gasteiger charge is 2.32. The smallest absolute Gasteiger partial charge is 0.263 e. The number of nitrogens with zero attached hydrogens (tertiary/aromatic N) is 4. The van der Waals surface area contributed by atoms with Crippen LogP contribution in [0.3, 0.4) is 0 Å². The Bertz CT molecular complexity index is 594. The van der Waals surface area contributed by atoms with Gasteiger partial charge in [-0.1, -0.05) is 5.16 Å². The third kappa shape index (κ3) is 1.47. The number of fused-ring (bicyclic) bond motifs is 1. The number of hydrogen-bond acceptors (Lipinski definition) is 6. The Balaban J connectivity index is 2.17. The van der Waals surface area contributed by atoms with E-state index in [-0.39, 0.29) is 18.9 Å². The van der Waals surface area contributed by atoms with Crippen molar-refractivity contribution in [2.24, 2.45) is 0 Å². The number of amides is 1. The molecule has 1 fully saturated rings. The summed E-state index contributed by atoms with van der Waals surface area (Å²) in [5.41, 5.74) is 0.978. The van der Waals surface area contributed by atoms with Gasteiger partial charge in [0.15, 0.2) is 5.82 Å². The number of rotatable bonds is 1.